The van der Waals surface area contributed by atoms with Gasteiger partial charge in [-0.05, 0) is 18.9 Å². The van der Waals surface area contributed by atoms with E-state index in [-0.39, 0.29) is 12.3 Å². The Hall–Kier alpha value is -2.38. The lowest BCUT2D eigenvalue weighted by molar-refractivity contribution is -0.402. The van der Waals surface area contributed by atoms with Gasteiger partial charge in [-0.15, -0.1) is 0 Å². The second kappa shape index (κ2) is 6.18. The molecule has 2 N–H and O–H groups in total. The lowest BCUT2D eigenvalue weighted by Gasteiger charge is -2.26. The molecule has 0 aliphatic carbocycles. The number of hydrogen-bond donors (Lipinski definition) is 2. The molecule has 0 bridgehead atoms. The Kier molecular flexibility index (Phi) is 4.84. The van der Waals surface area contributed by atoms with Gasteiger partial charge in [-0.3, -0.25) is 19.7 Å². The van der Waals surface area contributed by atoms with Crippen LogP contribution in [0.3, 0.4) is 0 Å². The highest BCUT2D eigenvalue weighted by Gasteiger charge is 2.35. The lowest BCUT2D eigenvalue weighted by atomic mass is 9.82. The van der Waals surface area contributed by atoms with Gasteiger partial charge < -0.3 is 14.8 Å². The number of carboxylic acids is 1. The van der Waals surface area contributed by atoms with Crippen LogP contribution in [0.5, 0.6) is 0 Å². The van der Waals surface area contributed by atoms with E-state index in [9.17, 15) is 24.8 Å². The van der Waals surface area contributed by atoms with E-state index >= 15 is 0 Å². The van der Waals surface area contributed by atoms with Crippen LogP contribution in [0.4, 0.5) is 5.88 Å². The molecule has 1 amide bonds. The first-order chi connectivity index (χ1) is 9.36. The SMILES string of the molecule is CCC(CC)(CNC(=O)c1ccc([N+](=O)[O-])o1)C(=O)O. The molecule has 1 heterocycles. The quantitative estimate of drug-likeness (QED) is 0.581. The zero-order valence-electron chi connectivity index (χ0n) is 11.2. The number of hydrogen-bond acceptors (Lipinski definition) is 5. The molecule has 0 atom stereocenters. The topological polar surface area (TPSA) is 123 Å². The zero-order chi connectivity index (χ0) is 15.3. The Morgan fingerprint density at radius 1 is 1.40 bits per heavy atom. The van der Waals surface area contributed by atoms with Gasteiger partial charge in [0.15, 0.2) is 5.76 Å². The Morgan fingerprint density at radius 2 is 2.00 bits per heavy atom. The molecule has 0 spiro atoms. The summed E-state index contributed by atoms with van der Waals surface area (Å²) in [6, 6.07) is 2.24. The summed E-state index contributed by atoms with van der Waals surface area (Å²) in [4.78, 5) is 32.7. The third-order valence-electron chi connectivity index (χ3n) is 3.39. The third-order valence-corrected chi connectivity index (χ3v) is 3.39. The van der Waals surface area contributed by atoms with Crippen LogP contribution in [0.1, 0.15) is 37.2 Å². The number of nitrogens with one attached hydrogen (secondary N) is 1. The Balaban J connectivity index is 2.75. The molecule has 0 radical (unpaired) electrons. The molecule has 1 aromatic rings. The molecule has 0 unspecified atom stereocenters. The predicted octanol–water partition coefficient (Wildman–Crippen LogP) is 1.81. The van der Waals surface area contributed by atoms with Crippen LogP contribution in [-0.4, -0.2) is 28.5 Å². The predicted molar refractivity (Wildman–Crippen MR) is 68.3 cm³/mol. The molecule has 0 saturated carbocycles. The first kappa shape index (κ1) is 15.7. The number of nitro groups is 1. The first-order valence-electron chi connectivity index (χ1n) is 6.12. The molecule has 0 aromatic carbocycles. The largest absolute Gasteiger partial charge is 0.481 e. The van der Waals surface area contributed by atoms with Crippen LogP contribution >= 0.6 is 0 Å². The molecule has 1 aromatic heterocycles. The first-order valence-corrected chi connectivity index (χ1v) is 6.12. The van der Waals surface area contributed by atoms with Gasteiger partial charge in [0.2, 0.25) is 0 Å². The van der Waals surface area contributed by atoms with Gasteiger partial charge in [-0.25, -0.2) is 0 Å². The Labute approximate surface area is 114 Å². The number of rotatable bonds is 7. The molecule has 8 nitrogen and oxygen atoms in total. The van der Waals surface area contributed by atoms with Gasteiger partial charge in [0.25, 0.3) is 5.91 Å². The van der Waals surface area contributed by atoms with Crippen molar-refractivity contribution in [2.75, 3.05) is 6.54 Å². The summed E-state index contributed by atoms with van der Waals surface area (Å²) < 4.78 is 4.74. The number of carboxylic acid groups (broad SMARTS) is 1. The fourth-order valence-corrected chi connectivity index (χ4v) is 1.76. The van der Waals surface area contributed by atoms with E-state index in [0.29, 0.717) is 12.8 Å². The number of amides is 1. The average Bonchev–Trinajstić information content (AvgIpc) is 2.89. The minimum atomic E-state index is -1.05. The van der Waals surface area contributed by atoms with Crippen molar-refractivity contribution in [3.05, 3.63) is 28.0 Å². The maximum absolute atomic E-state index is 11.8. The summed E-state index contributed by atoms with van der Waals surface area (Å²) in [7, 11) is 0. The number of aliphatic carboxylic acids is 1. The number of carbonyl (C=O) groups excluding carboxylic acids is 1. The third kappa shape index (κ3) is 3.14. The number of nitrogens with zero attached hydrogens (tertiary/aromatic N) is 1. The smallest absolute Gasteiger partial charge is 0.433 e. The van der Waals surface area contributed by atoms with E-state index in [1.165, 1.54) is 6.07 Å². The van der Waals surface area contributed by atoms with E-state index in [2.05, 4.69) is 5.32 Å². The van der Waals surface area contributed by atoms with Gasteiger partial charge >= 0.3 is 11.9 Å². The lowest BCUT2D eigenvalue weighted by Crippen LogP contribution is -2.42. The maximum atomic E-state index is 11.8. The van der Waals surface area contributed by atoms with Crippen LogP contribution in [-0.2, 0) is 4.79 Å². The second-order valence-corrected chi connectivity index (χ2v) is 4.37. The highest BCUT2D eigenvalue weighted by atomic mass is 16.6. The molecule has 110 valence electrons. The standard InChI is InChI=1S/C12H16N2O6/c1-3-12(4-2,11(16)17)7-13-10(15)8-5-6-9(20-8)14(18)19/h5-6H,3-4,7H2,1-2H3,(H,13,15)(H,16,17). The van der Waals surface area contributed by atoms with E-state index in [1.54, 1.807) is 13.8 Å². The van der Waals surface area contributed by atoms with E-state index in [0.717, 1.165) is 6.07 Å². The van der Waals surface area contributed by atoms with Gasteiger partial charge in [-0.1, -0.05) is 13.8 Å². The molecule has 0 fully saturated rings. The average molecular weight is 284 g/mol. The van der Waals surface area contributed by atoms with Crippen molar-refractivity contribution in [3.8, 4) is 0 Å². The number of carbonyl (C=O) groups is 2. The van der Waals surface area contributed by atoms with Crippen molar-refractivity contribution < 1.29 is 24.0 Å². The van der Waals surface area contributed by atoms with Crippen LogP contribution in [0, 0.1) is 15.5 Å². The zero-order valence-corrected chi connectivity index (χ0v) is 11.2. The van der Waals surface area contributed by atoms with Crippen LogP contribution in [0.15, 0.2) is 16.5 Å². The normalized spacial score (nSPS) is 11.1. The summed E-state index contributed by atoms with van der Waals surface area (Å²) >= 11 is 0. The Morgan fingerprint density at radius 3 is 2.40 bits per heavy atom. The highest BCUT2D eigenvalue weighted by Crippen LogP contribution is 2.26. The molecule has 20 heavy (non-hydrogen) atoms. The van der Waals surface area contributed by atoms with Crippen molar-refractivity contribution >= 4 is 17.8 Å². The molecule has 8 heteroatoms. The van der Waals surface area contributed by atoms with Gasteiger partial charge in [-0.2, -0.15) is 0 Å². The van der Waals surface area contributed by atoms with Crippen molar-refractivity contribution in [1.82, 2.24) is 5.32 Å². The fourth-order valence-electron chi connectivity index (χ4n) is 1.76. The molecular weight excluding hydrogens is 268 g/mol. The monoisotopic (exact) mass is 284 g/mol. The number of furan rings is 1. The summed E-state index contributed by atoms with van der Waals surface area (Å²) in [5.74, 6) is -2.42. The summed E-state index contributed by atoms with van der Waals surface area (Å²) in [5.41, 5.74) is -1.05. The van der Waals surface area contributed by atoms with Crippen LogP contribution < -0.4 is 5.32 Å². The molecule has 0 saturated heterocycles. The summed E-state index contributed by atoms with van der Waals surface area (Å²) in [6.45, 7) is 3.38. The van der Waals surface area contributed by atoms with Crippen LogP contribution in [0.2, 0.25) is 0 Å². The summed E-state index contributed by atoms with van der Waals surface area (Å²) in [6.07, 6.45) is 0.717. The van der Waals surface area contributed by atoms with Crippen molar-refractivity contribution in [3.63, 3.8) is 0 Å². The molecule has 0 aliphatic heterocycles. The van der Waals surface area contributed by atoms with E-state index in [4.69, 9.17) is 4.42 Å². The molecular formula is C12H16N2O6. The van der Waals surface area contributed by atoms with Gasteiger partial charge in [0, 0.05) is 6.54 Å². The fraction of sp³-hybridized carbons (Fsp3) is 0.500. The van der Waals surface area contributed by atoms with Gasteiger partial charge in [0.1, 0.15) is 4.92 Å². The highest BCUT2D eigenvalue weighted by molar-refractivity contribution is 5.92. The maximum Gasteiger partial charge on any atom is 0.433 e. The van der Waals surface area contributed by atoms with E-state index in [1.807, 2.05) is 0 Å². The van der Waals surface area contributed by atoms with Crippen LogP contribution in [0.25, 0.3) is 0 Å². The molecule has 1 rings (SSSR count). The van der Waals surface area contributed by atoms with Gasteiger partial charge in [0.05, 0.1) is 11.5 Å². The van der Waals surface area contributed by atoms with Crippen molar-refractivity contribution in [2.24, 2.45) is 5.41 Å². The second-order valence-electron chi connectivity index (χ2n) is 4.37. The molecule has 0 aliphatic rings. The van der Waals surface area contributed by atoms with Crippen molar-refractivity contribution in [1.29, 1.82) is 0 Å². The summed E-state index contributed by atoms with van der Waals surface area (Å²) in [5, 5.41) is 22.1. The minimum Gasteiger partial charge on any atom is -0.481 e. The van der Waals surface area contributed by atoms with E-state index < -0.39 is 28.1 Å². The van der Waals surface area contributed by atoms with Crippen molar-refractivity contribution in [2.45, 2.75) is 26.7 Å². The Bertz CT molecular complexity index is 518. The minimum absolute atomic E-state index is 0.0668.